The van der Waals surface area contributed by atoms with Crippen molar-refractivity contribution in [3.8, 4) is 11.1 Å². The maximum absolute atomic E-state index is 14.2. The Kier molecular flexibility index (Phi) is 3.89. The molecule has 8 heteroatoms. The maximum Gasteiger partial charge on any atom is 0.272 e. The van der Waals surface area contributed by atoms with Crippen molar-refractivity contribution in [3.63, 3.8) is 0 Å². The van der Waals surface area contributed by atoms with Gasteiger partial charge in [-0.05, 0) is 36.4 Å². The van der Waals surface area contributed by atoms with Crippen LogP contribution in [0.25, 0.3) is 43.7 Å². The van der Waals surface area contributed by atoms with Crippen molar-refractivity contribution in [1.82, 2.24) is 15.2 Å². The van der Waals surface area contributed by atoms with Crippen LogP contribution in [0, 0.1) is 5.82 Å². The highest BCUT2D eigenvalue weighted by atomic mass is 31.2. The molecule has 5 rings (SSSR count). The van der Waals surface area contributed by atoms with E-state index in [9.17, 15) is 13.8 Å². The number of nitrogens with one attached hydrogen (secondary N) is 2. The van der Waals surface area contributed by atoms with Gasteiger partial charge in [-0.1, -0.05) is 30.3 Å². The molecular weight excluding hydrogens is 402 g/mol. The molecule has 0 amide bonds. The number of rotatable bonds is 2. The highest BCUT2D eigenvalue weighted by molar-refractivity contribution is 7.70. The van der Waals surface area contributed by atoms with Crippen LogP contribution >= 0.6 is 7.14 Å². The number of anilines is 1. The summed E-state index contributed by atoms with van der Waals surface area (Å²) in [5.41, 5.74) is 7.70. The van der Waals surface area contributed by atoms with E-state index in [1.807, 2.05) is 30.3 Å². The smallest absolute Gasteiger partial charge is 0.272 e. The summed E-state index contributed by atoms with van der Waals surface area (Å²) in [7, 11) is -2.66. The van der Waals surface area contributed by atoms with Crippen molar-refractivity contribution in [2.75, 3.05) is 19.1 Å². The van der Waals surface area contributed by atoms with Crippen LogP contribution < -0.4 is 16.6 Å². The van der Waals surface area contributed by atoms with Crippen LogP contribution in [0.4, 0.5) is 10.1 Å². The van der Waals surface area contributed by atoms with Crippen molar-refractivity contribution in [3.05, 3.63) is 64.8 Å². The first-order valence-electron chi connectivity index (χ1n) is 9.32. The first-order valence-corrected chi connectivity index (χ1v) is 11.9. The molecule has 0 aliphatic rings. The molecule has 150 valence electrons. The van der Waals surface area contributed by atoms with Gasteiger partial charge in [-0.2, -0.15) is 5.10 Å². The van der Waals surface area contributed by atoms with E-state index in [1.165, 1.54) is 12.3 Å². The van der Waals surface area contributed by atoms with E-state index >= 15 is 0 Å². The van der Waals surface area contributed by atoms with Gasteiger partial charge in [0.05, 0.1) is 11.7 Å². The van der Waals surface area contributed by atoms with Crippen molar-refractivity contribution < 1.29 is 8.96 Å². The maximum atomic E-state index is 14.2. The Balaban J connectivity index is 2.05. The Morgan fingerprint density at radius 1 is 1.00 bits per heavy atom. The van der Waals surface area contributed by atoms with Gasteiger partial charge < -0.3 is 15.3 Å². The van der Waals surface area contributed by atoms with Crippen LogP contribution in [0.2, 0.25) is 0 Å². The molecule has 0 fully saturated rings. The summed E-state index contributed by atoms with van der Waals surface area (Å²) in [5, 5.41) is 10.1. The van der Waals surface area contributed by atoms with Gasteiger partial charge in [-0.15, -0.1) is 0 Å². The average Bonchev–Trinajstić information content (AvgIpc) is 3.20. The van der Waals surface area contributed by atoms with E-state index in [1.54, 1.807) is 19.4 Å². The van der Waals surface area contributed by atoms with Crippen molar-refractivity contribution >= 4 is 50.7 Å². The van der Waals surface area contributed by atoms with Crippen molar-refractivity contribution in [1.29, 1.82) is 0 Å². The van der Waals surface area contributed by atoms with Gasteiger partial charge in [-0.3, -0.25) is 9.89 Å². The first kappa shape index (κ1) is 18.6. The summed E-state index contributed by atoms with van der Waals surface area (Å²) in [6, 6.07) is 12.2. The minimum absolute atomic E-state index is 0.0138. The zero-order valence-electron chi connectivity index (χ0n) is 16.3. The Morgan fingerprint density at radius 3 is 2.47 bits per heavy atom. The van der Waals surface area contributed by atoms with Gasteiger partial charge in [0.2, 0.25) is 0 Å². The van der Waals surface area contributed by atoms with E-state index in [0.29, 0.717) is 32.7 Å². The van der Waals surface area contributed by atoms with E-state index in [0.717, 1.165) is 10.8 Å². The zero-order chi connectivity index (χ0) is 21.2. The van der Waals surface area contributed by atoms with Crippen LogP contribution in [-0.4, -0.2) is 28.5 Å². The SMILES string of the molecule is CP(C)(=O)c1cc2c(-c3ccc(F)c4[nH]ncc34)c(N)c(=O)[nH]c2c2ccccc12. The molecule has 30 heavy (non-hydrogen) atoms. The van der Waals surface area contributed by atoms with Gasteiger partial charge in [0.1, 0.15) is 24.2 Å². The lowest BCUT2D eigenvalue weighted by Crippen LogP contribution is -2.15. The summed E-state index contributed by atoms with van der Waals surface area (Å²) in [6.45, 7) is 3.42. The van der Waals surface area contributed by atoms with Crippen LogP contribution in [0.5, 0.6) is 0 Å². The molecule has 6 nitrogen and oxygen atoms in total. The summed E-state index contributed by atoms with van der Waals surface area (Å²) in [4.78, 5) is 15.6. The molecule has 0 aliphatic carbocycles. The Hall–Kier alpha value is -3.44. The molecule has 3 aromatic carbocycles. The standard InChI is InChI=1S/C22H18FN4O2P/c1-30(2,29)17-9-14-18(12-7-8-16(23)21-15(12)10-25-27-21)19(24)22(28)26-20(14)13-6-4-3-5-11(13)17/h3-10H,24H2,1-2H3,(H,25,27)(H,26,28). The fourth-order valence-electron chi connectivity index (χ4n) is 4.08. The summed E-state index contributed by atoms with van der Waals surface area (Å²) in [6.07, 6.45) is 1.51. The number of hydrogen-bond donors (Lipinski definition) is 3. The molecule has 2 aromatic heterocycles. The number of nitrogen functional groups attached to an aromatic ring is 1. The number of nitrogens with zero attached hydrogens (tertiary/aromatic N) is 1. The van der Waals surface area contributed by atoms with Crippen LogP contribution in [0.15, 0.2) is 53.5 Å². The highest BCUT2D eigenvalue weighted by Gasteiger charge is 2.22. The number of benzene rings is 3. The Bertz CT molecular complexity index is 1600. The fraction of sp³-hybridized carbons (Fsp3) is 0.0909. The molecule has 2 heterocycles. The largest absolute Gasteiger partial charge is 0.394 e. The van der Waals surface area contributed by atoms with Crippen molar-refractivity contribution in [2.45, 2.75) is 0 Å². The Labute approximate surface area is 170 Å². The number of pyridine rings is 1. The topological polar surface area (TPSA) is 105 Å². The zero-order valence-corrected chi connectivity index (χ0v) is 17.2. The lowest BCUT2D eigenvalue weighted by Gasteiger charge is -2.17. The lowest BCUT2D eigenvalue weighted by molar-refractivity contribution is 0.588. The number of aromatic amines is 2. The number of aromatic nitrogens is 3. The second-order valence-corrected chi connectivity index (χ2v) is 10.9. The van der Waals surface area contributed by atoms with Gasteiger partial charge in [0.15, 0.2) is 0 Å². The van der Waals surface area contributed by atoms with Crippen LogP contribution in [0.1, 0.15) is 0 Å². The predicted octanol–water partition coefficient (Wildman–Crippen LogP) is 4.19. The predicted molar refractivity (Wildman–Crippen MR) is 121 cm³/mol. The third kappa shape index (κ3) is 2.59. The fourth-order valence-corrected chi connectivity index (χ4v) is 5.30. The number of halogens is 1. The Morgan fingerprint density at radius 2 is 1.73 bits per heavy atom. The third-order valence-corrected chi connectivity index (χ3v) is 6.99. The number of nitrogens with two attached hydrogens (primary N) is 1. The normalized spacial score (nSPS) is 12.2. The van der Waals surface area contributed by atoms with E-state index in [-0.39, 0.29) is 11.2 Å². The monoisotopic (exact) mass is 420 g/mol. The number of fused-ring (bicyclic) bond motifs is 4. The quantitative estimate of drug-likeness (QED) is 0.294. The number of hydrogen-bond acceptors (Lipinski definition) is 4. The average molecular weight is 420 g/mol. The molecule has 0 saturated carbocycles. The van der Waals surface area contributed by atoms with E-state index in [4.69, 9.17) is 5.73 Å². The van der Waals surface area contributed by atoms with Crippen molar-refractivity contribution in [2.24, 2.45) is 0 Å². The molecule has 0 radical (unpaired) electrons. The second kappa shape index (κ2) is 6.28. The summed E-state index contributed by atoms with van der Waals surface area (Å²) < 4.78 is 27.4. The third-order valence-electron chi connectivity index (χ3n) is 5.46. The van der Waals surface area contributed by atoms with Gasteiger partial charge in [-0.25, -0.2) is 4.39 Å². The minimum Gasteiger partial charge on any atom is -0.394 e. The first-order chi connectivity index (χ1) is 14.3. The molecule has 5 aromatic rings. The molecule has 0 saturated heterocycles. The van der Waals surface area contributed by atoms with E-state index in [2.05, 4.69) is 15.2 Å². The molecule has 0 aliphatic heterocycles. The molecule has 0 bridgehead atoms. The minimum atomic E-state index is -2.66. The molecule has 0 unspecified atom stereocenters. The van der Waals surface area contributed by atoms with Gasteiger partial charge in [0, 0.05) is 27.0 Å². The highest BCUT2D eigenvalue weighted by Crippen LogP contribution is 2.43. The molecule has 0 spiro atoms. The molecule has 4 N–H and O–H groups in total. The second-order valence-electron chi connectivity index (χ2n) is 7.71. The summed E-state index contributed by atoms with van der Waals surface area (Å²) >= 11 is 0. The van der Waals surface area contributed by atoms with Gasteiger partial charge in [0.25, 0.3) is 5.56 Å². The van der Waals surface area contributed by atoms with E-state index < -0.39 is 18.5 Å². The van der Waals surface area contributed by atoms with Gasteiger partial charge >= 0.3 is 0 Å². The van der Waals surface area contributed by atoms with Crippen LogP contribution in [-0.2, 0) is 4.57 Å². The summed E-state index contributed by atoms with van der Waals surface area (Å²) in [5.74, 6) is -0.447. The number of H-pyrrole nitrogens is 2. The molecule has 0 atom stereocenters. The lowest BCUT2D eigenvalue weighted by atomic mass is 9.94. The van der Waals surface area contributed by atoms with Crippen LogP contribution in [0.3, 0.4) is 0 Å². The molecular formula is C22H18FN4O2P.